The van der Waals surface area contributed by atoms with Crippen molar-refractivity contribution in [1.82, 2.24) is 0 Å². The average Bonchev–Trinajstić information content (AvgIpc) is 2.25. The Morgan fingerprint density at radius 2 is 1.86 bits per heavy atom. The molecule has 0 amide bonds. The summed E-state index contributed by atoms with van der Waals surface area (Å²) < 4.78 is 11.4. The first-order chi connectivity index (χ1) is 6.83. The van der Waals surface area contributed by atoms with Crippen LogP contribution in [0.5, 0.6) is 0 Å². The van der Waals surface area contributed by atoms with Gasteiger partial charge in [-0.25, -0.2) is 0 Å². The Morgan fingerprint density at radius 1 is 1.14 bits per heavy atom. The van der Waals surface area contributed by atoms with E-state index in [9.17, 15) is 4.55 Å². The number of aliphatic hydroxyl groups excluding tert-OH is 1. The van der Waals surface area contributed by atoms with E-state index in [2.05, 4.69) is 0 Å². The topological polar surface area (TPSA) is 43.3 Å². The summed E-state index contributed by atoms with van der Waals surface area (Å²) in [5, 5.41) is 8.57. The lowest BCUT2D eigenvalue weighted by molar-refractivity contribution is 0.295. The molecule has 0 saturated carbocycles. The highest BCUT2D eigenvalue weighted by molar-refractivity contribution is 7.91. The quantitative estimate of drug-likeness (QED) is 0.724. The first-order valence-electron chi connectivity index (χ1n) is 4.82. The molecule has 3 heteroatoms. The Bertz CT molecular complexity index is 238. The van der Waals surface area contributed by atoms with Gasteiger partial charge in [0.15, 0.2) is 0 Å². The van der Waals surface area contributed by atoms with Gasteiger partial charge in [-0.05, 0) is 5.56 Å². The van der Waals surface area contributed by atoms with Crippen molar-refractivity contribution in [1.29, 1.82) is 0 Å². The van der Waals surface area contributed by atoms with Crippen molar-refractivity contribution in [3.63, 3.8) is 0 Å². The summed E-state index contributed by atoms with van der Waals surface area (Å²) in [6, 6.07) is 10.1. The highest BCUT2D eigenvalue weighted by Crippen LogP contribution is 2.03. The van der Waals surface area contributed by atoms with Gasteiger partial charge in [0, 0.05) is 19.4 Å². The molecule has 1 aromatic carbocycles. The lowest BCUT2D eigenvalue weighted by atomic mass is 10.2. The predicted octanol–water partition coefficient (Wildman–Crippen LogP) is 1.36. The van der Waals surface area contributed by atoms with Gasteiger partial charge in [-0.1, -0.05) is 41.5 Å². The van der Waals surface area contributed by atoms with Crippen LogP contribution < -0.4 is 0 Å². The van der Waals surface area contributed by atoms with E-state index in [1.54, 1.807) is 0 Å². The molecule has 0 spiro atoms. The molecule has 2 nitrogen and oxygen atoms in total. The summed E-state index contributed by atoms with van der Waals surface area (Å²) in [6.07, 6.45) is 1.50. The molecular formula is C11H16O2S. The van der Waals surface area contributed by atoms with Crippen molar-refractivity contribution in [2.45, 2.75) is 12.8 Å². The number of hydrogen-bond acceptors (Lipinski definition) is 2. The fraction of sp³-hybridized carbons (Fsp3) is 0.455. The van der Waals surface area contributed by atoms with Gasteiger partial charge in [-0.3, -0.25) is 0 Å². The van der Waals surface area contributed by atoms with Gasteiger partial charge < -0.3 is 9.66 Å². The minimum absolute atomic E-state index is 0.136. The predicted molar refractivity (Wildman–Crippen MR) is 59.7 cm³/mol. The number of rotatable bonds is 6. The normalized spacial score (nSPS) is 12.7. The maximum atomic E-state index is 11.4. The third-order valence-electron chi connectivity index (χ3n) is 1.99. The molecule has 14 heavy (non-hydrogen) atoms. The summed E-state index contributed by atoms with van der Waals surface area (Å²) in [7, 11) is 0. The Kier molecular flexibility index (Phi) is 5.68. The van der Waals surface area contributed by atoms with Crippen LogP contribution in [0.25, 0.3) is 0 Å². The molecule has 1 atom stereocenters. The van der Waals surface area contributed by atoms with Gasteiger partial charge in [-0.15, -0.1) is 0 Å². The molecule has 0 saturated heterocycles. The van der Waals surface area contributed by atoms with E-state index in [0.29, 0.717) is 17.9 Å². The van der Waals surface area contributed by atoms with E-state index in [-0.39, 0.29) is 6.61 Å². The monoisotopic (exact) mass is 212 g/mol. The molecule has 1 aromatic rings. The molecule has 0 aliphatic rings. The highest BCUT2D eigenvalue weighted by atomic mass is 32.2. The molecule has 1 N–H and O–H groups in total. The van der Waals surface area contributed by atoms with E-state index in [1.165, 1.54) is 5.56 Å². The number of benzene rings is 1. The third kappa shape index (κ3) is 4.65. The van der Waals surface area contributed by atoms with Crippen LogP contribution in [0.4, 0.5) is 0 Å². The SMILES string of the molecule is [O-][S+](CCCO)CCc1ccccc1. The van der Waals surface area contributed by atoms with Gasteiger partial charge in [0.1, 0.15) is 11.5 Å². The molecule has 0 bridgehead atoms. The average molecular weight is 212 g/mol. The first-order valence-corrected chi connectivity index (χ1v) is 6.31. The van der Waals surface area contributed by atoms with E-state index >= 15 is 0 Å². The second kappa shape index (κ2) is 6.87. The number of aryl methyl sites for hydroxylation is 1. The molecule has 78 valence electrons. The Balaban J connectivity index is 2.20. The Labute approximate surface area is 88.1 Å². The van der Waals surface area contributed by atoms with Gasteiger partial charge in [0.05, 0.1) is 0 Å². The van der Waals surface area contributed by atoms with Crippen molar-refractivity contribution in [3.8, 4) is 0 Å². The third-order valence-corrected chi connectivity index (χ3v) is 3.39. The minimum atomic E-state index is -0.780. The Hall–Kier alpha value is -0.510. The first kappa shape index (κ1) is 11.6. The molecule has 0 aliphatic heterocycles. The van der Waals surface area contributed by atoms with Crippen LogP contribution in [0.1, 0.15) is 12.0 Å². The van der Waals surface area contributed by atoms with Gasteiger partial charge in [0.25, 0.3) is 0 Å². The summed E-state index contributed by atoms with van der Waals surface area (Å²) in [5.41, 5.74) is 1.23. The zero-order valence-corrected chi connectivity index (χ0v) is 9.00. The van der Waals surface area contributed by atoms with Crippen LogP contribution in [0, 0.1) is 0 Å². The maximum Gasteiger partial charge on any atom is 0.109 e. The van der Waals surface area contributed by atoms with Crippen molar-refractivity contribution in [2.75, 3.05) is 18.1 Å². The van der Waals surface area contributed by atoms with Gasteiger partial charge in [-0.2, -0.15) is 0 Å². The standard InChI is InChI=1S/C11H16O2S/c12-8-4-9-14(13)10-7-11-5-2-1-3-6-11/h1-3,5-6,12H,4,7-10H2. The largest absolute Gasteiger partial charge is 0.616 e. The highest BCUT2D eigenvalue weighted by Gasteiger charge is 2.05. The fourth-order valence-corrected chi connectivity index (χ4v) is 2.32. The zero-order chi connectivity index (χ0) is 10.2. The summed E-state index contributed by atoms with van der Waals surface area (Å²) in [4.78, 5) is 0. The Morgan fingerprint density at radius 3 is 2.50 bits per heavy atom. The lowest BCUT2D eigenvalue weighted by Gasteiger charge is -2.09. The van der Waals surface area contributed by atoms with Crippen LogP contribution >= 0.6 is 0 Å². The van der Waals surface area contributed by atoms with Crippen LogP contribution in [-0.4, -0.2) is 27.8 Å². The second-order valence-electron chi connectivity index (χ2n) is 3.16. The van der Waals surface area contributed by atoms with Gasteiger partial charge in [0.2, 0.25) is 0 Å². The van der Waals surface area contributed by atoms with E-state index in [0.717, 1.165) is 6.42 Å². The van der Waals surface area contributed by atoms with Crippen LogP contribution in [0.2, 0.25) is 0 Å². The zero-order valence-electron chi connectivity index (χ0n) is 8.19. The van der Waals surface area contributed by atoms with Crippen molar-refractivity contribution in [3.05, 3.63) is 35.9 Å². The van der Waals surface area contributed by atoms with Gasteiger partial charge >= 0.3 is 0 Å². The molecule has 0 aromatic heterocycles. The summed E-state index contributed by atoms with van der Waals surface area (Å²) in [5.74, 6) is 1.31. The molecule has 1 rings (SSSR count). The molecule has 0 aliphatic carbocycles. The van der Waals surface area contributed by atoms with Crippen LogP contribution in [0.15, 0.2) is 30.3 Å². The minimum Gasteiger partial charge on any atom is -0.616 e. The van der Waals surface area contributed by atoms with Crippen molar-refractivity contribution >= 4 is 11.2 Å². The van der Waals surface area contributed by atoms with Crippen molar-refractivity contribution < 1.29 is 9.66 Å². The number of hydrogen-bond donors (Lipinski definition) is 1. The fourth-order valence-electron chi connectivity index (χ4n) is 1.20. The summed E-state index contributed by atoms with van der Waals surface area (Å²) in [6.45, 7) is 0.136. The van der Waals surface area contributed by atoms with E-state index in [1.807, 2.05) is 30.3 Å². The van der Waals surface area contributed by atoms with Crippen molar-refractivity contribution in [2.24, 2.45) is 0 Å². The van der Waals surface area contributed by atoms with Crippen LogP contribution in [0.3, 0.4) is 0 Å². The summed E-state index contributed by atoms with van der Waals surface area (Å²) >= 11 is -0.780. The van der Waals surface area contributed by atoms with Crippen LogP contribution in [-0.2, 0) is 17.6 Å². The molecule has 0 radical (unpaired) electrons. The number of aliphatic hydroxyl groups is 1. The van der Waals surface area contributed by atoms with E-state index < -0.39 is 11.2 Å². The molecule has 1 unspecified atom stereocenters. The second-order valence-corrected chi connectivity index (χ2v) is 4.86. The molecule has 0 heterocycles. The molecular weight excluding hydrogens is 196 g/mol. The van der Waals surface area contributed by atoms with E-state index in [4.69, 9.17) is 5.11 Å². The smallest absolute Gasteiger partial charge is 0.109 e. The molecule has 0 fully saturated rings. The lowest BCUT2D eigenvalue weighted by Crippen LogP contribution is -2.14. The maximum absolute atomic E-state index is 11.4.